The van der Waals surface area contributed by atoms with Crippen LogP contribution in [0.15, 0.2) is 77.7 Å². The largest absolute Gasteiger partial charge is 0.342 e. The Morgan fingerprint density at radius 1 is 0.935 bits per heavy atom. The van der Waals surface area contributed by atoms with Crippen LogP contribution in [0.3, 0.4) is 0 Å². The van der Waals surface area contributed by atoms with Crippen LogP contribution in [0.4, 0.5) is 0 Å². The van der Waals surface area contributed by atoms with Crippen molar-refractivity contribution in [1.29, 1.82) is 0 Å². The molecule has 7 rings (SSSR count). The zero-order valence-corrected chi connectivity index (χ0v) is 27.8. The lowest BCUT2D eigenvalue weighted by molar-refractivity contribution is 0.0881. The highest BCUT2D eigenvalue weighted by molar-refractivity contribution is 7.90. The van der Waals surface area contributed by atoms with Gasteiger partial charge in [0.15, 0.2) is 9.84 Å². The first-order valence-corrected chi connectivity index (χ1v) is 18.7. The molecule has 3 fully saturated rings. The molecule has 1 aromatic heterocycles. The van der Waals surface area contributed by atoms with Crippen LogP contribution in [0.25, 0.3) is 22.2 Å². The average molecular weight is 635 g/mol. The van der Waals surface area contributed by atoms with Crippen molar-refractivity contribution in [3.05, 3.63) is 89.5 Å². The number of likely N-dealkylation sites (tertiary alicyclic amines) is 2. The number of nitrogens with one attached hydrogen (secondary N) is 1. The number of sulfone groups is 1. The Kier molecular flexibility index (Phi) is 8.51. The fourth-order valence-corrected chi connectivity index (χ4v) is 8.20. The lowest BCUT2D eigenvalue weighted by atomic mass is 9.90. The fraction of sp³-hybridized carbons (Fsp3) is 0.405. The molecule has 1 N–H and O–H groups in total. The summed E-state index contributed by atoms with van der Waals surface area (Å²) in [6.07, 6.45) is 9.08. The van der Waals surface area contributed by atoms with E-state index in [1.807, 2.05) is 24.3 Å². The van der Waals surface area contributed by atoms with Gasteiger partial charge in [0, 0.05) is 29.8 Å². The first kappa shape index (κ1) is 31.1. The molecular formula is C37H43BN4O3S. The smallest absolute Gasteiger partial charge is 0.253 e. The molecule has 0 spiro atoms. The van der Waals surface area contributed by atoms with E-state index in [9.17, 15) is 13.2 Å². The van der Waals surface area contributed by atoms with E-state index in [0.717, 1.165) is 66.6 Å². The molecule has 4 aromatic rings. The summed E-state index contributed by atoms with van der Waals surface area (Å²) in [6, 6.07) is 24.1. The number of carbonyl (C=O) groups excluding carboxylic acids is 1. The third kappa shape index (κ3) is 6.37. The fourth-order valence-electron chi connectivity index (χ4n) is 7.55. The van der Waals surface area contributed by atoms with E-state index in [4.69, 9.17) is 4.98 Å². The van der Waals surface area contributed by atoms with Gasteiger partial charge in [-0.15, -0.1) is 0 Å². The van der Waals surface area contributed by atoms with Gasteiger partial charge < -0.3 is 10.2 Å². The molecule has 238 valence electrons. The van der Waals surface area contributed by atoms with Gasteiger partial charge in [0.05, 0.1) is 27.2 Å². The Bertz CT molecular complexity index is 1860. The minimum Gasteiger partial charge on any atom is -0.342 e. The zero-order valence-electron chi connectivity index (χ0n) is 27.0. The van der Waals surface area contributed by atoms with Gasteiger partial charge in [-0.3, -0.25) is 9.69 Å². The Hall–Kier alpha value is -3.53. The highest BCUT2D eigenvalue weighted by Crippen LogP contribution is 2.46. The Balaban J connectivity index is 1.34. The first-order chi connectivity index (χ1) is 22.2. The number of hydrogen-bond donors (Lipinski definition) is 1. The third-order valence-electron chi connectivity index (χ3n) is 10.3. The lowest BCUT2D eigenvalue weighted by Gasteiger charge is -2.40. The maximum atomic E-state index is 14.7. The van der Waals surface area contributed by atoms with E-state index < -0.39 is 15.4 Å². The van der Waals surface area contributed by atoms with Gasteiger partial charge in [-0.1, -0.05) is 66.5 Å². The number of hydrogen-bond acceptors (Lipinski definition) is 6. The summed E-state index contributed by atoms with van der Waals surface area (Å²) < 4.78 is 25.5. The number of pyridine rings is 1. The Morgan fingerprint density at radius 3 is 2.35 bits per heavy atom. The molecule has 0 atom stereocenters. The Morgan fingerprint density at radius 2 is 1.67 bits per heavy atom. The summed E-state index contributed by atoms with van der Waals surface area (Å²) in [7, 11) is -1.43. The zero-order chi connectivity index (χ0) is 31.9. The first-order valence-electron chi connectivity index (χ1n) is 16.8. The molecule has 0 bridgehead atoms. The monoisotopic (exact) mass is 634 g/mol. The van der Waals surface area contributed by atoms with E-state index in [-0.39, 0.29) is 10.8 Å². The van der Waals surface area contributed by atoms with Gasteiger partial charge in [-0.05, 0) is 94.0 Å². The normalized spacial score (nSPS) is 19.2. The van der Waals surface area contributed by atoms with Gasteiger partial charge in [0.2, 0.25) is 0 Å². The molecule has 3 aliphatic rings. The molecule has 0 unspecified atom stereocenters. The second-order valence-corrected chi connectivity index (χ2v) is 15.7. The van der Waals surface area contributed by atoms with E-state index in [1.165, 1.54) is 38.6 Å². The number of nitrogens with zero attached hydrogens (tertiary/aromatic N) is 3. The van der Waals surface area contributed by atoms with Gasteiger partial charge >= 0.3 is 0 Å². The second-order valence-electron chi connectivity index (χ2n) is 13.6. The van der Waals surface area contributed by atoms with Crippen LogP contribution in [-0.2, 0) is 21.9 Å². The van der Waals surface area contributed by atoms with Crippen LogP contribution >= 0.6 is 0 Å². The van der Waals surface area contributed by atoms with Crippen LogP contribution in [0.5, 0.6) is 0 Å². The summed E-state index contributed by atoms with van der Waals surface area (Å²) in [4.78, 5) is 25.2. The van der Waals surface area contributed by atoms with Crippen molar-refractivity contribution < 1.29 is 13.2 Å². The van der Waals surface area contributed by atoms with Crippen molar-refractivity contribution in [2.75, 3.05) is 32.4 Å². The quantitative estimate of drug-likeness (QED) is 0.289. The highest BCUT2D eigenvalue weighted by Gasteiger charge is 2.46. The molecule has 1 aliphatic carbocycles. The highest BCUT2D eigenvalue weighted by atomic mass is 32.2. The minimum atomic E-state index is -3.50. The predicted molar refractivity (Wildman–Crippen MR) is 187 cm³/mol. The minimum absolute atomic E-state index is 0.175. The molecule has 3 aromatic carbocycles. The molecule has 2 aliphatic heterocycles. The predicted octanol–water partition coefficient (Wildman–Crippen LogP) is 4.43. The van der Waals surface area contributed by atoms with Crippen LogP contribution < -0.4 is 10.8 Å². The molecule has 9 heteroatoms. The summed E-state index contributed by atoms with van der Waals surface area (Å²) >= 11 is 0. The molecule has 1 saturated carbocycles. The average Bonchev–Trinajstić information content (AvgIpc) is 3.85. The number of rotatable bonds is 8. The van der Waals surface area contributed by atoms with Gasteiger partial charge in [-0.25, -0.2) is 13.4 Å². The number of fused-ring (bicyclic) bond motifs is 1. The van der Waals surface area contributed by atoms with E-state index in [1.54, 1.807) is 18.2 Å². The van der Waals surface area contributed by atoms with Gasteiger partial charge in [0.25, 0.3) is 5.91 Å². The van der Waals surface area contributed by atoms with Crippen LogP contribution in [0.1, 0.15) is 66.4 Å². The van der Waals surface area contributed by atoms with Gasteiger partial charge in [0.1, 0.15) is 7.85 Å². The maximum Gasteiger partial charge on any atom is 0.253 e. The molecule has 7 nitrogen and oxygen atoms in total. The van der Waals surface area contributed by atoms with Crippen molar-refractivity contribution in [2.24, 2.45) is 0 Å². The Labute approximate surface area is 273 Å². The second kappa shape index (κ2) is 12.6. The summed E-state index contributed by atoms with van der Waals surface area (Å²) in [5.74, 6) is -0.175. The standard InChI is InChI=1S/C37H43BN4O3S/c1-46(44,45)30-13-14-33-31(24-30)34(36(43)40-37(17-18-37)27-10-4-2-5-11-27)32(35(39-33)26-9-8-12-28(38)23-26)25-41-21-15-29(16-22-41)42-19-6-3-7-20-42/h2,4-5,8-14,23-24,29H,3,6-7,15-22,25,38H2,1H3,(H,40,43). The molecule has 46 heavy (non-hydrogen) atoms. The van der Waals surface area contributed by atoms with Crippen molar-refractivity contribution >= 4 is 40.0 Å². The molecule has 0 radical (unpaired) electrons. The maximum absolute atomic E-state index is 14.7. The summed E-state index contributed by atoms with van der Waals surface area (Å²) in [5, 5.41) is 4.01. The lowest BCUT2D eigenvalue weighted by Crippen LogP contribution is -2.46. The number of aromatic nitrogens is 1. The van der Waals surface area contributed by atoms with Crippen LogP contribution in [0, 0.1) is 0 Å². The van der Waals surface area contributed by atoms with Crippen LogP contribution in [0.2, 0.25) is 0 Å². The SMILES string of the molecule is Bc1cccc(-c2nc3ccc(S(C)(=O)=O)cc3c(C(=O)NC3(c4ccccc4)CC3)c2CN2CCC(N3CCCCC3)CC2)c1. The molecule has 3 heterocycles. The number of amides is 1. The summed E-state index contributed by atoms with van der Waals surface area (Å²) in [5.41, 5.74) is 5.56. The topological polar surface area (TPSA) is 82.6 Å². The third-order valence-corrected chi connectivity index (χ3v) is 11.4. The van der Waals surface area contributed by atoms with Crippen molar-refractivity contribution in [3.8, 4) is 11.3 Å². The number of benzene rings is 3. The molecule has 1 amide bonds. The van der Waals surface area contributed by atoms with Crippen molar-refractivity contribution in [1.82, 2.24) is 20.1 Å². The molecular weight excluding hydrogens is 591 g/mol. The van der Waals surface area contributed by atoms with Gasteiger partial charge in [-0.2, -0.15) is 0 Å². The van der Waals surface area contributed by atoms with Crippen molar-refractivity contribution in [3.63, 3.8) is 0 Å². The van der Waals surface area contributed by atoms with E-state index >= 15 is 0 Å². The number of piperidine rings is 2. The van der Waals surface area contributed by atoms with E-state index in [0.29, 0.717) is 29.1 Å². The molecule has 2 saturated heterocycles. The number of carbonyl (C=O) groups is 1. The van der Waals surface area contributed by atoms with E-state index in [2.05, 4.69) is 53.3 Å². The summed E-state index contributed by atoms with van der Waals surface area (Å²) in [6.45, 7) is 4.87. The van der Waals surface area contributed by atoms with Crippen LogP contribution in [-0.4, -0.2) is 75.4 Å². The van der Waals surface area contributed by atoms with Crippen molar-refractivity contribution in [2.45, 2.75) is 68.0 Å².